The van der Waals surface area contributed by atoms with Crippen molar-refractivity contribution in [3.05, 3.63) is 66.0 Å². The number of aromatic nitrogens is 1. The summed E-state index contributed by atoms with van der Waals surface area (Å²) in [5, 5.41) is 3.54. The zero-order chi connectivity index (χ0) is 15.1. The van der Waals surface area contributed by atoms with E-state index < -0.39 is 0 Å². The van der Waals surface area contributed by atoms with E-state index in [1.165, 1.54) is 33.6 Å². The topological polar surface area (TPSA) is 19.4 Å². The maximum absolute atomic E-state index is 3.54. The van der Waals surface area contributed by atoms with Gasteiger partial charge in [0.1, 0.15) is 13.1 Å². The van der Waals surface area contributed by atoms with E-state index in [4.69, 9.17) is 0 Å². The van der Waals surface area contributed by atoms with Gasteiger partial charge in [-0.1, -0.05) is 24.3 Å². The first-order valence-electron chi connectivity index (χ1n) is 7.73. The number of benzene rings is 1. The lowest BCUT2D eigenvalue weighted by molar-refractivity contribution is -0.485. The van der Waals surface area contributed by atoms with Crippen LogP contribution in [0.15, 0.2) is 54.9 Å². The SMILES string of the molecule is Cc1cccc(-c2ccc3cccn3c2)c1C1=[N+](C)CCN1. The summed E-state index contributed by atoms with van der Waals surface area (Å²) in [6, 6.07) is 15.1. The van der Waals surface area contributed by atoms with Gasteiger partial charge in [-0.3, -0.25) is 9.89 Å². The lowest BCUT2D eigenvalue weighted by Gasteiger charge is -2.12. The van der Waals surface area contributed by atoms with Gasteiger partial charge in [0.25, 0.3) is 5.84 Å². The molecule has 3 aromatic rings. The second-order valence-electron chi connectivity index (χ2n) is 5.95. The number of hydrogen-bond donors (Lipinski definition) is 1. The van der Waals surface area contributed by atoms with Crippen LogP contribution in [0.3, 0.4) is 0 Å². The predicted molar refractivity (Wildman–Crippen MR) is 90.7 cm³/mol. The fourth-order valence-electron chi connectivity index (χ4n) is 3.28. The minimum atomic E-state index is 1.01. The standard InChI is InChI=1S/C19H19N3/c1-14-5-3-7-17(18(14)19-20-10-12-21(19)2)15-8-9-16-6-4-11-22(16)13-15/h3-9,11,13H,10,12H2,1-2H3/p+1. The van der Waals surface area contributed by atoms with Crippen LogP contribution in [0.2, 0.25) is 0 Å². The van der Waals surface area contributed by atoms with Gasteiger partial charge in [0.05, 0.1) is 12.6 Å². The van der Waals surface area contributed by atoms with E-state index in [-0.39, 0.29) is 0 Å². The summed E-state index contributed by atoms with van der Waals surface area (Å²) in [7, 11) is 2.15. The van der Waals surface area contributed by atoms with Gasteiger partial charge < -0.3 is 4.40 Å². The molecule has 2 aromatic heterocycles. The Morgan fingerprint density at radius 3 is 2.82 bits per heavy atom. The summed E-state index contributed by atoms with van der Waals surface area (Å²) < 4.78 is 4.48. The van der Waals surface area contributed by atoms with E-state index in [0.717, 1.165) is 13.1 Å². The van der Waals surface area contributed by atoms with Crippen molar-refractivity contribution in [3.63, 3.8) is 0 Å². The molecular formula is C19H20N3+. The molecule has 3 heterocycles. The number of aryl methyl sites for hydroxylation is 1. The molecule has 0 spiro atoms. The molecule has 1 aliphatic rings. The second kappa shape index (κ2) is 5.02. The Hall–Kier alpha value is -2.55. The molecule has 0 saturated carbocycles. The van der Waals surface area contributed by atoms with Gasteiger partial charge in [-0.05, 0) is 41.8 Å². The maximum Gasteiger partial charge on any atom is 0.278 e. The quantitative estimate of drug-likeness (QED) is 0.719. The van der Waals surface area contributed by atoms with Crippen LogP contribution in [-0.2, 0) is 0 Å². The Balaban J connectivity index is 1.95. The van der Waals surface area contributed by atoms with Crippen LogP contribution in [0.5, 0.6) is 0 Å². The van der Waals surface area contributed by atoms with Gasteiger partial charge >= 0.3 is 0 Å². The van der Waals surface area contributed by atoms with Crippen molar-refractivity contribution in [1.29, 1.82) is 0 Å². The molecule has 0 radical (unpaired) electrons. The molecule has 1 N–H and O–H groups in total. The number of pyridine rings is 1. The zero-order valence-electron chi connectivity index (χ0n) is 13.0. The molecule has 3 heteroatoms. The number of nitrogens with zero attached hydrogens (tertiary/aromatic N) is 2. The third-order valence-corrected chi connectivity index (χ3v) is 4.47. The first-order chi connectivity index (χ1) is 10.7. The van der Waals surface area contributed by atoms with Crippen LogP contribution >= 0.6 is 0 Å². The molecule has 1 aromatic carbocycles. The van der Waals surface area contributed by atoms with E-state index in [2.05, 4.69) is 83.1 Å². The lowest BCUT2D eigenvalue weighted by atomic mass is 9.96. The molecule has 0 bridgehead atoms. The number of nitrogens with one attached hydrogen (secondary N) is 1. The van der Waals surface area contributed by atoms with Crippen molar-refractivity contribution in [1.82, 2.24) is 9.72 Å². The van der Waals surface area contributed by atoms with E-state index in [9.17, 15) is 0 Å². The van der Waals surface area contributed by atoms with E-state index in [0.29, 0.717) is 0 Å². The van der Waals surface area contributed by atoms with Crippen molar-refractivity contribution in [2.45, 2.75) is 6.92 Å². The Bertz CT molecular complexity index is 887. The van der Waals surface area contributed by atoms with Crippen molar-refractivity contribution >= 4 is 11.4 Å². The van der Waals surface area contributed by atoms with Crippen LogP contribution < -0.4 is 5.32 Å². The molecular weight excluding hydrogens is 270 g/mol. The van der Waals surface area contributed by atoms with Gasteiger partial charge in [-0.2, -0.15) is 0 Å². The Labute approximate surface area is 130 Å². The van der Waals surface area contributed by atoms with Crippen molar-refractivity contribution in [3.8, 4) is 11.1 Å². The molecule has 1 aliphatic heterocycles. The highest BCUT2D eigenvalue weighted by atomic mass is 15.2. The second-order valence-corrected chi connectivity index (χ2v) is 5.95. The summed E-state index contributed by atoms with van der Waals surface area (Å²) in [5.41, 5.74) is 6.38. The lowest BCUT2D eigenvalue weighted by Crippen LogP contribution is -2.24. The summed E-state index contributed by atoms with van der Waals surface area (Å²) >= 11 is 0. The molecule has 110 valence electrons. The van der Waals surface area contributed by atoms with Crippen molar-refractivity contribution < 1.29 is 4.58 Å². The van der Waals surface area contributed by atoms with E-state index in [1.807, 2.05) is 0 Å². The number of likely N-dealkylation sites (N-methyl/N-ethyl adjacent to an activating group) is 1. The summed E-state index contributed by atoms with van der Waals surface area (Å²) in [5.74, 6) is 1.24. The average Bonchev–Trinajstić information content (AvgIpc) is 3.15. The maximum atomic E-state index is 3.54. The molecule has 3 nitrogen and oxygen atoms in total. The van der Waals surface area contributed by atoms with Crippen LogP contribution in [0, 0.1) is 6.92 Å². The minimum absolute atomic E-state index is 1.01. The Morgan fingerprint density at radius 2 is 2.00 bits per heavy atom. The van der Waals surface area contributed by atoms with E-state index in [1.54, 1.807) is 0 Å². The number of hydrogen-bond acceptors (Lipinski definition) is 1. The minimum Gasteiger partial charge on any atom is -0.323 e. The molecule has 0 aliphatic carbocycles. The van der Waals surface area contributed by atoms with Crippen molar-refractivity contribution in [2.75, 3.05) is 20.1 Å². The summed E-state index contributed by atoms with van der Waals surface area (Å²) in [6.07, 6.45) is 4.31. The molecule has 4 rings (SSSR count). The molecule has 0 atom stereocenters. The van der Waals surface area contributed by atoms with Crippen LogP contribution in [0.1, 0.15) is 11.1 Å². The third kappa shape index (κ3) is 2.01. The van der Waals surface area contributed by atoms with Gasteiger partial charge in [-0.25, -0.2) is 0 Å². The number of fused-ring (bicyclic) bond motifs is 1. The molecule has 0 saturated heterocycles. The van der Waals surface area contributed by atoms with Crippen molar-refractivity contribution in [2.24, 2.45) is 0 Å². The largest absolute Gasteiger partial charge is 0.323 e. The van der Waals surface area contributed by atoms with Gasteiger partial charge in [-0.15, -0.1) is 0 Å². The van der Waals surface area contributed by atoms with Gasteiger partial charge in [0.2, 0.25) is 0 Å². The summed E-state index contributed by atoms with van der Waals surface area (Å²) in [6.45, 7) is 4.25. The fraction of sp³-hybridized carbons (Fsp3) is 0.211. The van der Waals surface area contributed by atoms with Crippen LogP contribution in [0.25, 0.3) is 16.6 Å². The Kier molecular flexibility index (Phi) is 3.00. The molecule has 0 unspecified atom stereocenters. The third-order valence-electron chi connectivity index (χ3n) is 4.47. The number of amidine groups is 1. The van der Waals surface area contributed by atoms with E-state index >= 15 is 0 Å². The molecule has 0 amide bonds. The monoisotopic (exact) mass is 290 g/mol. The van der Waals surface area contributed by atoms with Crippen LogP contribution in [-0.4, -0.2) is 34.9 Å². The first-order valence-corrected chi connectivity index (χ1v) is 7.73. The molecule has 22 heavy (non-hydrogen) atoms. The zero-order valence-corrected chi connectivity index (χ0v) is 13.0. The van der Waals surface area contributed by atoms with Gasteiger partial charge in [0.15, 0.2) is 0 Å². The number of rotatable bonds is 2. The van der Waals surface area contributed by atoms with Gasteiger partial charge in [0, 0.05) is 17.9 Å². The highest BCUT2D eigenvalue weighted by Crippen LogP contribution is 2.27. The average molecular weight is 290 g/mol. The Morgan fingerprint density at radius 1 is 1.09 bits per heavy atom. The smallest absolute Gasteiger partial charge is 0.278 e. The highest BCUT2D eigenvalue weighted by Gasteiger charge is 2.24. The van der Waals surface area contributed by atoms with Crippen LogP contribution in [0.4, 0.5) is 0 Å². The summed E-state index contributed by atoms with van der Waals surface area (Å²) in [4.78, 5) is 0. The normalized spacial score (nSPS) is 14.6. The fourth-order valence-corrected chi connectivity index (χ4v) is 3.28. The molecule has 0 fully saturated rings. The highest BCUT2D eigenvalue weighted by molar-refractivity contribution is 6.03. The first kappa shape index (κ1) is 13.1. The predicted octanol–water partition coefficient (Wildman–Crippen LogP) is 2.91.